The van der Waals surface area contributed by atoms with Crippen LogP contribution in [0.25, 0.3) is 0 Å². The van der Waals surface area contributed by atoms with Gasteiger partial charge in [-0.1, -0.05) is 0 Å². The molecule has 20 heavy (non-hydrogen) atoms. The number of rotatable bonds is 4. The van der Waals surface area contributed by atoms with Crippen LogP contribution < -0.4 is 9.47 Å². The standard InChI is InChI=1S/C15H15N3O2/c1-10-6-14(19-2)15(20-3)7-11(10)12(8-16)13-9-17-4-5-18-13/h4-7,9,12H,1-3H3. The molecule has 102 valence electrons. The van der Waals surface area contributed by atoms with Crippen LogP contribution in [0.15, 0.2) is 30.7 Å². The third-order valence-electron chi connectivity index (χ3n) is 3.09. The second-order valence-corrected chi connectivity index (χ2v) is 4.26. The van der Waals surface area contributed by atoms with Crippen molar-refractivity contribution in [1.82, 2.24) is 9.97 Å². The molecule has 5 nitrogen and oxygen atoms in total. The lowest BCUT2D eigenvalue weighted by Gasteiger charge is -2.15. The SMILES string of the molecule is COc1cc(C)c(C(C#N)c2cnccn2)cc1OC. The second-order valence-electron chi connectivity index (χ2n) is 4.26. The van der Waals surface area contributed by atoms with E-state index in [1.807, 2.05) is 19.1 Å². The molecule has 0 N–H and O–H groups in total. The molecule has 0 aliphatic rings. The fourth-order valence-corrected chi connectivity index (χ4v) is 2.06. The number of nitrogens with zero attached hydrogens (tertiary/aromatic N) is 3. The average molecular weight is 269 g/mol. The van der Waals surface area contributed by atoms with Crippen LogP contribution in [0.1, 0.15) is 22.7 Å². The highest BCUT2D eigenvalue weighted by molar-refractivity contribution is 5.51. The van der Waals surface area contributed by atoms with Crippen molar-refractivity contribution in [3.63, 3.8) is 0 Å². The van der Waals surface area contributed by atoms with E-state index in [1.165, 1.54) is 0 Å². The van der Waals surface area contributed by atoms with Crippen molar-refractivity contribution in [1.29, 1.82) is 5.26 Å². The van der Waals surface area contributed by atoms with Crippen LogP contribution in [-0.2, 0) is 0 Å². The van der Waals surface area contributed by atoms with Gasteiger partial charge in [-0.3, -0.25) is 9.97 Å². The van der Waals surface area contributed by atoms with Crippen LogP contribution in [0.4, 0.5) is 0 Å². The number of aromatic nitrogens is 2. The molecule has 2 rings (SSSR count). The maximum absolute atomic E-state index is 9.46. The van der Waals surface area contributed by atoms with E-state index in [-0.39, 0.29) is 0 Å². The van der Waals surface area contributed by atoms with E-state index < -0.39 is 5.92 Å². The van der Waals surface area contributed by atoms with Gasteiger partial charge in [0, 0.05) is 12.4 Å². The lowest BCUT2D eigenvalue weighted by Crippen LogP contribution is -2.05. The largest absolute Gasteiger partial charge is 0.493 e. The van der Waals surface area contributed by atoms with Gasteiger partial charge in [0.05, 0.1) is 32.2 Å². The molecular weight excluding hydrogens is 254 g/mol. The fourth-order valence-electron chi connectivity index (χ4n) is 2.06. The van der Waals surface area contributed by atoms with E-state index >= 15 is 0 Å². The molecule has 0 aliphatic carbocycles. The molecular formula is C15H15N3O2. The monoisotopic (exact) mass is 269 g/mol. The summed E-state index contributed by atoms with van der Waals surface area (Å²) >= 11 is 0. The third kappa shape index (κ3) is 2.54. The molecule has 0 bridgehead atoms. The number of hydrogen-bond donors (Lipinski definition) is 0. The number of benzene rings is 1. The summed E-state index contributed by atoms with van der Waals surface area (Å²) in [6.07, 6.45) is 4.76. The number of ether oxygens (including phenoxy) is 2. The zero-order valence-corrected chi connectivity index (χ0v) is 11.6. The van der Waals surface area contributed by atoms with Gasteiger partial charge < -0.3 is 9.47 Å². The van der Waals surface area contributed by atoms with Gasteiger partial charge in [-0.15, -0.1) is 0 Å². The highest BCUT2D eigenvalue weighted by Gasteiger charge is 2.20. The Labute approximate surface area is 117 Å². The summed E-state index contributed by atoms with van der Waals surface area (Å²) in [6, 6.07) is 5.94. The first-order valence-electron chi connectivity index (χ1n) is 6.09. The van der Waals surface area contributed by atoms with Gasteiger partial charge in [0.1, 0.15) is 5.92 Å². The van der Waals surface area contributed by atoms with E-state index in [9.17, 15) is 5.26 Å². The van der Waals surface area contributed by atoms with Crippen LogP contribution >= 0.6 is 0 Å². The lowest BCUT2D eigenvalue weighted by molar-refractivity contribution is 0.354. The summed E-state index contributed by atoms with van der Waals surface area (Å²) < 4.78 is 10.5. The smallest absolute Gasteiger partial charge is 0.161 e. The van der Waals surface area contributed by atoms with Crippen molar-refractivity contribution in [2.24, 2.45) is 0 Å². The number of methoxy groups -OCH3 is 2. The minimum absolute atomic E-state index is 0.483. The Morgan fingerprint density at radius 2 is 1.85 bits per heavy atom. The van der Waals surface area contributed by atoms with Gasteiger partial charge >= 0.3 is 0 Å². The molecule has 1 atom stereocenters. The van der Waals surface area contributed by atoms with E-state index in [1.54, 1.807) is 32.8 Å². The molecule has 1 heterocycles. The van der Waals surface area contributed by atoms with Crippen molar-refractivity contribution in [3.05, 3.63) is 47.5 Å². The molecule has 5 heteroatoms. The lowest BCUT2D eigenvalue weighted by atomic mass is 9.93. The predicted molar refractivity (Wildman–Crippen MR) is 73.8 cm³/mol. The zero-order chi connectivity index (χ0) is 14.5. The van der Waals surface area contributed by atoms with Crippen molar-refractivity contribution in [3.8, 4) is 17.6 Å². The maximum atomic E-state index is 9.46. The van der Waals surface area contributed by atoms with E-state index in [4.69, 9.17) is 9.47 Å². The second kappa shape index (κ2) is 6.02. The topological polar surface area (TPSA) is 68.0 Å². The summed E-state index contributed by atoms with van der Waals surface area (Å²) in [5.41, 5.74) is 2.40. The summed E-state index contributed by atoms with van der Waals surface area (Å²) in [6.45, 7) is 1.93. The molecule has 1 aromatic heterocycles. The highest BCUT2D eigenvalue weighted by atomic mass is 16.5. The van der Waals surface area contributed by atoms with Crippen molar-refractivity contribution >= 4 is 0 Å². The fraction of sp³-hybridized carbons (Fsp3) is 0.267. The number of aryl methyl sites for hydroxylation is 1. The first-order chi connectivity index (χ1) is 9.71. The molecule has 0 saturated heterocycles. The van der Waals surface area contributed by atoms with Crippen LogP contribution in [0.3, 0.4) is 0 Å². The van der Waals surface area contributed by atoms with Gasteiger partial charge in [-0.25, -0.2) is 0 Å². The van der Waals surface area contributed by atoms with Gasteiger partial charge in [-0.2, -0.15) is 5.26 Å². The van der Waals surface area contributed by atoms with Crippen LogP contribution in [-0.4, -0.2) is 24.2 Å². The van der Waals surface area contributed by atoms with E-state index in [0.717, 1.165) is 11.1 Å². The van der Waals surface area contributed by atoms with Crippen molar-refractivity contribution in [2.75, 3.05) is 14.2 Å². The Bertz CT molecular complexity index is 636. The van der Waals surface area contributed by atoms with Gasteiger partial charge in [0.2, 0.25) is 0 Å². The Hall–Kier alpha value is -2.61. The highest BCUT2D eigenvalue weighted by Crippen LogP contribution is 2.35. The number of hydrogen-bond acceptors (Lipinski definition) is 5. The van der Waals surface area contributed by atoms with E-state index in [2.05, 4.69) is 16.0 Å². The molecule has 2 aromatic rings. The van der Waals surface area contributed by atoms with Crippen LogP contribution in [0.5, 0.6) is 11.5 Å². The first kappa shape index (κ1) is 13.8. The minimum atomic E-state index is -0.483. The minimum Gasteiger partial charge on any atom is -0.493 e. The molecule has 0 aliphatic heterocycles. The quantitative estimate of drug-likeness (QED) is 0.852. The Kier molecular flexibility index (Phi) is 4.16. The summed E-state index contributed by atoms with van der Waals surface area (Å²) in [5.74, 6) is 0.755. The molecule has 1 unspecified atom stereocenters. The van der Waals surface area contributed by atoms with Crippen molar-refractivity contribution in [2.45, 2.75) is 12.8 Å². The zero-order valence-electron chi connectivity index (χ0n) is 11.6. The average Bonchev–Trinajstić information content (AvgIpc) is 2.50. The summed E-state index contributed by atoms with van der Waals surface area (Å²) in [7, 11) is 3.15. The van der Waals surface area contributed by atoms with Crippen LogP contribution in [0, 0.1) is 18.3 Å². The molecule has 0 spiro atoms. The third-order valence-corrected chi connectivity index (χ3v) is 3.09. The molecule has 0 fully saturated rings. The van der Waals surface area contributed by atoms with Gasteiger partial charge in [0.15, 0.2) is 11.5 Å². The Balaban J connectivity index is 2.54. The van der Waals surface area contributed by atoms with Crippen molar-refractivity contribution < 1.29 is 9.47 Å². The predicted octanol–water partition coefficient (Wildman–Crippen LogP) is 2.46. The molecule has 0 saturated carbocycles. The maximum Gasteiger partial charge on any atom is 0.161 e. The molecule has 0 amide bonds. The van der Waals surface area contributed by atoms with Crippen LogP contribution in [0.2, 0.25) is 0 Å². The normalized spacial score (nSPS) is 11.5. The summed E-state index contributed by atoms with van der Waals surface area (Å²) in [5, 5.41) is 9.46. The summed E-state index contributed by atoms with van der Waals surface area (Å²) in [4.78, 5) is 8.22. The Morgan fingerprint density at radius 3 is 2.40 bits per heavy atom. The molecule has 1 aromatic carbocycles. The van der Waals surface area contributed by atoms with Gasteiger partial charge in [0.25, 0.3) is 0 Å². The first-order valence-corrected chi connectivity index (χ1v) is 6.09. The Morgan fingerprint density at radius 1 is 1.15 bits per heavy atom. The molecule has 0 radical (unpaired) electrons. The van der Waals surface area contributed by atoms with Gasteiger partial charge in [-0.05, 0) is 30.2 Å². The number of nitriles is 1. The van der Waals surface area contributed by atoms with E-state index in [0.29, 0.717) is 17.2 Å².